The van der Waals surface area contributed by atoms with E-state index < -0.39 is 0 Å². The minimum absolute atomic E-state index is 0.967. The van der Waals surface area contributed by atoms with Crippen LogP contribution in [0, 0.1) is 0 Å². The lowest BCUT2D eigenvalue weighted by molar-refractivity contribution is 1.37. The first kappa shape index (κ1) is 12.1. The summed E-state index contributed by atoms with van der Waals surface area (Å²) in [6.07, 6.45) is 4.11. The van der Waals surface area contributed by atoms with Gasteiger partial charge in [-0.1, -0.05) is 58.4 Å². The van der Waals surface area contributed by atoms with Crippen molar-refractivity contribution in [1.29, 1.82) is 0 Å². The maximum absolute atomic E-state index is 4.63. The molecule has 0 aliphatic carbocycles. The highest BCUT2D eigenvalue weighted by molar-refractivity contribution is 9.10. The third kappa shape index (κ3) is 2.74. The molecule has 1 heterocycles. The van der Waals surface area contributed by atoms with E-state index in [0.29, 0.717) is 0 Å². The SMILES string of the molecule is Brc1cccc2nc(C=Cc3ccccc3)ccc12. The highest BCUT2D eigenvalue weighted by Gasteiger charge is 1.99. The highest BCUT2D eigenvalue weighted by atomic mass is 79.9. The topological polar surface area (TPSA) is 12.9 Å². The van der Waals surface area contributed by atoms with Gasteiger partial charge in [0.05, 0.1) is 11.2 Å². The maximum atomic E-state index is 4.63. The lowest BCUT2D eigenvalue weighted by Crippen LogP contribution is -1.83. The smallest absolute Gasteiger partial charge is 0.0720 e. The Bertz CT molecular complexity index is 733. The summed E-state index contributed by atoms with van der Waals surface area (Å²) in [5, 5.41) is 1.14. The van der Waals surface area contributed by atoms with Gasteiger partial charge in [-0.25, -0.2) is 4.98 Å². The molecule has 0 unspecified atom stereocenters. The number of hydrogen-bond donors (Lipinski definition) is 0. The number of pyridine rings is 1. The van der Waals surface area contributed by atoms with Crippen LogP contribution in [0.4, 0.5) is 0 Å². The van der Waals surface area contributed by atoms with Crippen LogP contribution in [0.1, 0.15) is 11.3 Å². The minimum atomic E-state index is 0.967. The summed E-state index contributed by atoms with van der Waals surface area (Å²) in [4.78, 5) is 4.63. The molecule has 2 aromatic carbocycles. The van der Waals surface area contributed by atoms with Crippen molar-refractivity contribution in [1.82, 2.24) is 4.98 Å². The molecule has 0 atom stereocenters. The Morgan fingerprint density at radius 2 is 1.63 bits per heavy atom. The molecule has 1 nitrogen and oxygen atoms in total. The minimum Gasteiger partial charge on any atom is -0.248 e. The molecule has 0 radical (unpaired) electrons. The standard InChI is InChI=1S/C17H12BrN/c18-16-7-4-8-17-15(16)12-11-14(19-17)10-9-13-5-2-1-3-6-13/h1-12H. The van der Waals surface area contributed by atoms with E-state index in [4.69, 9.17) is 0 Å². The predicted octanol–water partition coefficient (Wildman–Crippen LogP) is 5.17. The van der Waals surface area contributed by atoms with Gasteiger partial charge in [0.25, 0.3) is 0 Å². The van der Waals surface area contributed by atoms with E-state index in [-0.39, 0.29) is 0 Å². The molecule has 92 valence electrons. The zero-order valence-corrected chi connectivity index (χ0v) is 11.8. The molecule has 0 aliphatic heterocycles. The number of aromatic nitrogens is 1. The van der Waals surface area contributed by atoms with Crippen LogP contribution in [0.5, 0.6) is 0 Å². The summed E-state index contributed by atoms with van der Waals surface area (Å²) < 4.78 is 1.08. The van der Waals surface area contributed by atoms with Crippen LogP contribution in [0.15, 0.2) is 65.1 Å². The lowest BCUT2D eigenvalue weighted by atomic mass is 10.1. The summed E-state index contributed by atoms with van der Waals surface area (Å²) in [7, 11) is 0. The first-order chi connectivity index (χ1) is 9.33. The Balaban J connectivity index is 1.96. The lowest BCUT2D eigenvalue weighted by Gasteiger charge is -2.01. The number of benzene rings is 2. The molecule has 0 spiro atoms. The molecule has 0 aliphatic rings. The Kier molecular flexibility index (Phi) is 3.43. The van der Waals surface area contributed by atoms with Crippen LogP contribution >= 0.6 is 15.9 Å². The normalized spacial score (nSPS) is 11.2. The largest absolute Gasteiger partial charge is 0.248 e. The molecule has 0 saturated heterocycles. The Morgan fingerprint density at radius 1 is 0.789 bits per heavy atom. The van der Waals surface area contributed by atoms with E-state index in [1.807, 2.05) is 48.5 Å². The van der Waals surface area contributed by atoms with E-state index in [1.54, 1.807) is 0 Å². The quantitative estimate of drug-likeness (QED) is 0.636. The number of rotatable bonds is 2. The molecule has 0 N–H and O–H groups in total. The van der Waals surface area contributed by atoms with Gasteiger partial charge in [-0.15, -0.1) is 0 Å². The second-order valence-corrected chi connectivity index (χ2v) is 5.14. The van der Waals surface area contributed by atoms with Crippen molar-refractivity contribution >= 4 is 39.0 Å². The zero-order chi connectivity index (χ0) is 13.1. The van der Waals surface area contributed by atoms with Crippen LogP contribution in [0.25, 0.3) is 23.1 Å². The molecule has 0 saturated carbocycles. The van der Waals surface area contributed by atoms with E-state index in [0.717, 1.165) is 21.1 Å². The molecule has 0 amide bonds. The van der Waals surface area contributed by atoms with Crippen LogP contribution in [0.3, 0.4) is 0 Å². The number of hydrogen-bond acceptors (Lipinski definition) is 1. The summed E-state index contributed by atoms with van der Waals surface area (Å²) in [5.41, 5.74) is 3.15. The van der Waals surface area contributed by atoms with Crippen molar-refractivity contribution in [2.45, 2.75) is 0 Å². The van der Waals surface area contributed by atoms with Crippen LogP contribution in [-0.2, 0) is 0 Å². The molecular weight excluding hydrogens is 298 g/mol. The average Bonchev–Trinajstić information content (AvgIpc) is 2.46. The van der Waals surface area contributed by atoms with Crippen molar-refractivity contribution in [2.75, 3.05) is 0 Å². The van der Waals surface area contributed by atoms with Crippen LogP contribution < -0.4 is 0 Å². The molecule has 19 heavy (non-hydrogen) atoms. The molecule has 2 heteroatoms. The fourth-order valence-corrected chi connectivity index (χ4v) is 2.46. The fourth-order valence-electron chi connectivity index (χ4n) is 1.97. The second-order valence-electron chi connectivity index (χ2n) is 4.29. The Hall–Kier alpha value is -1.93. The van der Waals surface area contributed by atoms with Gasteiger partial charge in [-0.05, 0) is 35.9 Å². The third-order valence-corrected chi connectivity index (χ3v) is 3.64. The van der Waals surface area contributed by atoms with Gasteiger partial charge in [0.1, 0.15) is 0 Å². The van der Waals surface area contributed by atoms with Gasteiger partial charge < -0.3 is 0 Å². The molecular formula is C17H12BrN. The number of halogens is 1. The number of fused-ring (bicyclic) bond motifs is 1. The van der Waals surface area contributed by atoms with Crippen molar-refractivity contribution in [3.8, 4) is 0 Å². The summed E-state index contributed by atoms with van der Waals surface area (Å²) in [6.45, 7) is 0. The van der Waals surface area contributed by atoms with E-state index in [1.165, 1.54) is 5.56 Å². The van der Waals surface area contributed by atoms with E-state index in [9.17, 15) is 0 Å². The molecule has 3 aromatic rings. The zero-order valence-electron chi connectivity index (χ0n) is 10.3. The van der Waals surface area contributed by atoms with E-state index in [2.05, 4.69) is 45.2 Å². The molecule has 0 fully saturated rings. The van der Waals surface area contributed by atoms with Crippen molar-refractivity contribution in [3.05, 3.63) is 76.4 Å². The number of nitrogens with zero attached hydrogens (tertiary/aromatic N) is 1. The van der Waals surface area contributed by atoms with Gasteiger partial charge in [-0.2, -0.15) is 0 Å². The second kappa shape index (κ2) is 5.37. The van der Waals surface area contributed by atoms with Crippen molar-refractivity contribution in [3.63, 3.8) is 0 Å². The third-order valence-electron chi connectivity index (χ3n) is 2.95. The van der Waals surface area contributed by atoms with Crippen LogP contribution in [0.2, 0.25) is 0 Å². The molecule has 3 rings (SSSR count). The summed E-state index contributed by atoms with van der Waals surface area (Å²) in [6, 6.07) is 20.4. The van der Waals surface area contributed by atoms with Crippen molar-refractivity contribution < 1.29 is 0 Å². The Labute approximate surface area is 120 Å². The van der Waals surface area contributed by atoms with Gasteiger partial charge in [-0.3, -0.25) is 0 Å². The Morgan fingerprint density at radius 3 is 2.47 bits per heavy atom. The van der Waals surface area contributed by atoms with Crippen molar-refractivity contribution in [2.24, 2.45) is 0 Å². The van der Waals surface area contributed by atoms with Crippen LogP contribution in [-0.4, -0.2) is 4.98 Å². The van der Waals surface area contributed by atoms with E-state index >= 15 is 0 Å². The predicted molar refractivity (Wildman–Crippen MR) is 84.8 cm³/mol. The summed E-state index contributed by atoms with van der Waals surface area (Å²) >= 11 is 3.54. The highest BCUT2D eigenvalue weighted by Crippen LogP contribution is 2.22. The van der Waals surface area contributed by atoms with Gasteiger partial charge in [0, 0.05) is 9.86 Å². The molecule has 0 bridgehead atoms. The van der Waals surface area contributed by atoms with Gasteiger partial charge in [0.2, 0.25) is 0 Å². The van der Waals surface area contributed by atoms with Gasteiger partial charge >= 0.3 is 0 Å². The first-order valence-electron chi connectivity index (χ1n) is 6.11. The monoisotopic (exact) mass is 309 g/mol. The average molecular weight is 310 g/mol. The fraction of sp³-hybridized carbons (Fsp3) is 0. The maximum Gasteiger partial charge on any atom is 0.0720 e. The van der Waals surface area contributed by atoms with Gasteiger partial charge in [0.15, 0.2) is 0 Å². The first-order valence-corrected chi connectivity index (χ1v) is 6.91. The molecule has 1 aromatic heterocycles. The summed E-state index contributed by atoms with van der Waals surface area (Å²) in [5.74, 6) is 0.